The van der Waals surface area contributed by atoms with Crippen LogP contribution >= 0.6 is 0 Å². The molecular weight excluding hydrogens is 304 g/mol. The van der Waals surface area contributed by atoms with Crippen molar-refractivity contribution in [2.45, 2.75) is 58.2 Å². The summed E-state index contributed by atoms with van der Waals surface area (Å²) < 4.78 is 10.8. The second kappa shape index (κ2) is 5.43. The minimum absolute atomic E-state index is 0.0905. The maximum Gasteiger partial charge on any atom is 0.336 e. The second-order valence-corrected chi connectivity index (χ2v) is 8.66. The average Bonchev–Trinajstić information content (AvgIpc) is 2.83. The van der Waals surface area contributed by atoms with Gasteiger partial charge in [-0.3, -0.25) is 0 Å². The Morgan fingerprint density at radius 2 is 2.12 bits per heavy atom. The number of aliphatic hydroxyl groups is 1. The van der Waals surface area contributed by atoms with Crippen LogP contribution in [0.15, 0.2) is 23.8 Å². The molecule has 0 radical (unpaired) electrons. The highest BCUT2D eigenvalue weighted by atomic mass is 16.6. The normalized spacial score (nSPS) is 49.4. The summed E-state index contributed by atoms with van der Waals surface area (Å²) >= 11 is 0. The van der Waals surface area contributed by atoms with E-state index in [0.717, 1.165) is 32.3 Å². The molecule has 1 N–H and O–H groups in total. The van der Waals surface area contributed by atoms with Gasteiger partial charge >= 0.3 is 5.97 Å². The third kappa shape index (κ3) is 2.15. The highest BCUT2D eigenvalue weighted by molar-refractivity contribution is 5.91. The van der Waals surface area contributed by atoms with Crippen LogP contribution in [-0.2, 0) is 14.3 Å². The van der Waals surface area contributed by atoms with Gasteiger partial charge in [0.05, 0.1) is 18.3 Å². The fraction of sp³-hybridized carbons (Fsp3) is 0.750. The predicted octanol–water partition coefficient (Wildman–Crippen LogP) is 3.01. The van der Waals surface area contributed by atoms with Crippen LogP contribution in [0.5, 0.6) is 0 Å². The Kier molecular flexibility index (Phi) is 3.70. The molecule has 0 aromatic carbocycles. The van der Waals surface area contributed by atoms with Crippen molar-refractivity contribution < 1.29 is 19.4 Å². The molecule has 2 saturated carbocycles. The van der Waals surface area contributed by atoms with Crippen LogP contribution in [0.1, 0.15) is 46.0 Å². The smallest absolute Gasteiger partial charge is 0.336 e. The molecule has 0 unspecified atom stereocenters. The topological polar surface area (TPSA) is 55.8 Å². The summed E-state index contributed by atoms with van der Waals surface area (Å²) in [6.07, 6.45) is 6.86. The zero-order valence-corrected chi connectivity index (χ0v) is 14.7. The Balaban J connectivity index is 1.60. The predicted molar refractivity (Wildman–Crippen MR) is 90.2 cm³/mol. The Bertz CT molecular complexity index is 609. The first-order chi connectivity index (χ1) is 11.4. The third-order valence-corrected chi connectivity index (χ3v) is 7.45. The Morgan fingerprint density at radius 3 is 2.75 bits per heavy atom. The van der Waals surface area contributed by atoms with Gasteiger partial charge in [-0.1, -0.05) is 32.1 Å². The number of esters is 1. The standard InChI is InChI=1S/C20H28O4/c1-12-4-7-16-19(2,9-8-17-20(16,3)11-24-17)14(12)6-5-13-15(21)10-23-18(13)22/h5,14-17,21H,1,4,6-11H2,2-3H3/b13-5+/t14-,15-,16+,17-,19+,20+/m1/s1. The minimum atomic E-state index is -0.772. The number of ether oxygens (including phenoxy) is 2. The number of hydrogen-bond acceptors (Lipinski definition) is 4. The summed E-state index contributed by atoms with van der Waals surface area (Å²) in [7, 11) is 0. The van der Waals surface area contributed by atoms with Crippen molar-refractivity contribution in [3.63, 3.8) is 0 Å². The molecule has 2 aliphatic heterocycles. The third-order valence-electron chi connectivity index (χ3n) is 7.45. The molecule has 4 nitrogen and oxygen atoms in total. The number of hydrogen-bond donors (Lipinski definition) is 1. The molecule has 2 heterocycles. The Hall–Kier alpha value is -1.13. The van der Waals surface area contributed by atoms with Gasteiger partial charge in [0, 0.05) is 5.41 Å². The van der Waals surface area contributed by atoms with Crippen LogP contribution in [0.25, 0.3) is 0 Å². The second-order valence-electron chi connectivity index (χ2n) is 8.66. The number of cyclic esters (lactones) is 1. The molecule has 0 aromatic heterocycles. The quantitative estimate of drug-likeness (QED) is 0.480. The van der Waals surface area contributed by atoms with Crippen molar-refractivity contribution >= 4 is 5.97 Å². The van der Waals surface area contributed by atoms with Crippen LogP contribution in [-0.4, -0.2) is 36.5 Å². The number of carbonyl (C=O) groups is 1. The van der Waals surface area contributed by atoms with E-state index in [1.807, 2.05) is 6.08 Å². The highest BCUT2D eigenvalue weighted by Gasteiger charge is 2.61. The fourth-order valence-corrected chi connectivity index (χ4v) is 5.98. The molecule has 0 aromatic rings. The van der Waals surface area contributed by atoms with E-state index >= 15 is 0 Å². The molecule has 4 rings (SSSR count). The van der Waals surface area contributed by atoms with Crippen molar-refractivity contribution in [2.75, 3.05) is 13.2 Å². The van der Waals surface area contributed by atoms with Gasteiger partial charge in [0.2, 0.25) is 0 Å². The largest absolute Gasteiger partial charge is 0.459 e. The number of rotatable bonds is 2. The molecule has 132 valence electrons. The van der Waals surface area contributed by atoms with Gasteiger partial charge in [-0.25, -0.2) is 4.79 Å². The number of fused-ring (bicyclic) bond motifs is 3. The minimum Gasteiger partial charge on any atom is -0.459 e. The zero-order chi connectivity index (χ0) is 17.1. The molecule has 2 saturated heterocycles. The van der Waals surface area contributed by atoms with Crippen molar-refractivity contribution in [3.8, 4) is 0 Å². The SMILES string of the molecule is C=C1CC[C@@H]2[C@]3(C)CO[C@@H]3CC[C@@]2(C)[C@@H]1C/C=C1/C(=O)OC[C@H]1O. The molecule has 24 heavy (non-hydrogen) atoms. The Morgan fingerprint density at radius 1 is 1.33 bits per heavy atom. The summed E-state index contributed by atoms with van der Waals surface area (Å²) in [5.74, 6) is 0.642. The van der Waals surface area contributed by atoms with Crippen LogP contribution in [0, 0.1) is 22.7 Å². The Labute approximate surface area is 143 Å². The molecule has 6 atom stereocenters. The molecule has 4 fully saturated rings. The summed E-state index contributed by atoms with van der Waals surface area (Å²) in [4.78, 5) is 11.8. The lowest BCUT2D eigenvalue weighted by Gasteiger charge is -2.65. The monoisotopic (exact) mass is 332 g/mol. The van der Waals surface area contributed by atoms with E-state index in [1.54, 1.807) is 0 Å². The van der Waals surface area contributed by atoms with E-state index in [-0.39, 0.29) is 18.0 Å². The van der Waals surface area contributed by atoms with Gasteiger partial charge in [0.25, 0.3) is 0 Å². The lowest BCUT2D eigenvalue weighted by Crippen LogP contribution is -2.64. The van der Waals surface area contributed by atoms with Crippen molar-refractivity contribution in [3.05, 3.63) is 23.8 Å². The summed E-state index contributed by atoms with van der Waals surface area (Å²) in [5, 5.41) is 9.93. The van der Waals surface area contributed by atoms with E-state index in [1.165, 1.54) is 12.0 Å². The van der Waals surface area contributed by atoms with Gasteiger partial charge < -0.3 is 14.6 Å². The van der Waals surface area contributed by atoms with Crippen LogP contribution in [0.3, 0.4) is 0 Å². The van der Waals surface area contributed by atoms with Gasteiger partial charge in [0.1, 0.15) is 12.7 Å². The van der Waals surface area contributed by atoms with Crippen LogP contribution < -0.4 is 0 Å². The molecule has 4 aliphatic rings. The first-order valence-corrected chi connectivity index (χ1v) is 9.21. The van der Waals surface area contributed by atoms with E-state index in [0.29, 0.717) is 28.9 Å². The first-order valence-electron chi connectivity index (χ1n) is 9.21. The van der Waals surface area contributed by atoms with E-state index in [9.17, 15) is 9.90 Å². The van der Waals surface area contributed by atoms with Gasteiger partial charge in [-0.05, 0) is 49.4 Å². The summed E-state index contributed by atoms with van der Waals surface area (Å²) in [6, 6.07) is 0. The van der Waals surface area contributed by atoms with Crippen molar-refractivity contribution in [1.29, 1.82) is 0 Å². The molecule has 2 aliphatic carbocycles. The van der Waals surface area contributed by atoms with Gasteiger partial charge in [-0.15, -0.1) is 0 Å². The van der Waals surface area contributed by atoms with E-state index < -0.39 is 6.10 Å². The van der Waals surface area contributed by atoms with Crippen molar-refractivity contribution in [2.24, 2.45) is 22.7 Å². The zero-order valence-electron chi connectivity index (χ0n) is 14.7. The lowest BCUT2D eigenvalue weighted by molar-refractivity contribution is -0.262. The van der Waals surface area contributed by atoms with Crippen molar-refractivity contribution in [1.82, 2.24) is 0 Å². The number of carbonyl (C=O) groups excluding carboxylic acids is 1. The number of aliphatic hydroxyl groups excluding tert-OH is 1. The molecule has 0 bridgehead atoms. The maximum absolute atomic E-state index is 11.8. The van der Waals surface area contributed by atoms with Gasteiger partial charge in [-0.2, -0.15) is 0 Å². The molecular formula is C20H28O4. The molecule has 4 heteroatoms. The maximum atomic E-state index is 11.8. The lowest BCUT2D eigenvalue weighted by atomic mass is 9.45. The summed E-state index contributed by atoms with van der Waals surface area (Å²) in [6.45, 7) is 10.1. The summed E-state index contributed by atoms with van der Waals surface area (Å²) in [5.41, 5.74) is 2.23. The molecule has 0 amide bonds. The van der Waals surface area contributed by atoms with Crippen LogP contribution in [0.4, 0.5) is 0 Å². The van der Waals surface area contributed by atoms with Gasteiger partial charge in [0.15, 0.2) is 0 Å². The first kappa shape index (κ1) is 16.3. The molecule has 0 spiro atoms. The average molecular weight is 332 g/mol. The van der Waals surface area contributed by atoms with E-state index in [2.05, 4.69) is 20.4 Å². The number of allylic oxidation sites excluding steroid dienone is 2. The highest BCUT2D eigenvalue weighted by Crippen LogP contribution is 2.64. The van der Waals surface area contributed by atoms with E-state index in [4.69, 9.17) is 9.47 Å². The van der Waals surface area contributed by atoms with Crippen LogP contribution in [0.2, 0.25) is 0 Å². The fourth-order valence-electron chi connectivity index (χ4n) is 5.98.